The summed E-state index contributed by atoms with van der Waals surface area (Å²) in [7, 11) is 0. The highest BCUT2D eigenvalue weighted by Crippen LogP contribution is 2.51. The van der Waals surface area contributed by atoms with Gasteiger partial charge in [-0.1, -0.05) is 42.5 Å². The zero-order chi connectivity index (χ0) is 20.1. The van der Waals surface area contributed by atoms with Gasteiger partial charge in [-0.15, -0.1) is 0 Å². The van der Waals surface area contributed by atoms with Crippen molar-refractivity contribution in [1.29, 1.82) is 0 Å². The van der Waals surface area contributed by atoms with E-state index in [0.717, 1.165) is 51.9 Å². The van der Waals surface area contributed by atoms with E-state index in [9.17, 15) is 4.79 Å². The van der Waals surface area contributed by atoms with E-state index in [-0.39, 0.29) is 18.0 Å². The Morgan fingerprint density at radius 2 is 1.77 bits per heavy atom. The molecule has 30 heavy (non-hydrogen) atoms. The molecule has 0 saturated heterocycles. The van der Waals surface area contributed by atoms with Crippen LogP contribution in [0, 0.1) is 0 Å². The highest BCUT2D eigenvalue weighted by Gasteiger charge is 2.50. The standard InChI is InChI=1S/C26H21NO3/c28-25(26(10-11-26)19-7-9-23-24(14-19)30-16-29-23)13-17-6-8-22-20(12-17)21(15-27-22)18-4-2-1-3-5-18/h1-9,12,14-15,27H,10-11,13,16H2. The zero-order valence-electron chi connectivity index (χ0n) is 16.5. The monoisotopic (exact) mass is 395 g/mol. The molecule has 0 spiro atoms. The normalized spacial score (nSPS) is 16.0. The molecule has 1 N–H and O–H groups in total. The van der Waals surface area contributed by atoms with E-state index >= 15 is 0 Å². The van der Waals surface area contributed by atoms with Gasteiger partial charge in [-0.25, -0.2) is 0 Å². The second kappa shape index (κ2) is 6.49. The number of carbonyl (C=O) groups is 1. The fraction of sp³-hybridized carbons (Fsp3) is 0.192. The van der Waals surface area contributed by atoms with Gasteiger partial charge in [0.1, 0.15) is 5.78 Å². The molecule has 4 nitrogen and oxygen atoms in total. The minimum absolute atomic E-state index is 0.250. The quantitative estimate of drug-likeness (QED) is 0.492. The van der Waals surface area contributed by atoms with E-state index in [0.29, 0.717) is 6.42 Å². The van der Waals surface area contributed by atoms with Crippen LogP contribution in [0.5, 0.6) is 11.5 Å². The molecule has 2 aliphatic rings. The van der Waals surface area contributed by atoms with Gasteiger partial charge in [0.25, 0.3) is 0 Å². The number of Topliss-reactive ketones (excluding diaryl/α,β-unsaturated/α-hetero) is 1. The predicted octanol–water partition coefficient (Wildman–Crippen LogP) is 5.41. The summed E-state index contributed by atoms with van der Waals surface area (Å²) in [6.07, 6.45) is 4.27. The number of fused-ring (bicyclic) bond motifs is 2. The number of nitrogens with one attached hydrogen (secondary N) is 1. The summed E-state index contributed by atoms with van der Waals surface area (Å²) in [4.78, 5) is 16.7. The van der Waals surface area contributed by atoms with Gasteiger partial charge in [0.05, 0.1) is 5.41 Å². The van der Waals surface area contributed by atoms with Crippen molar-refractivity contribution in [3.05, 3.63) is 84.1 Å². The topological polar surface area (TPSA) is 51.3 Å². The molecule has 0 amide bonds. The molecular weight excluding hydrogens is 374 g/mol. The van der Waals surface area contributed by atoms with Gasteiger partial charge in [0, 0.05) is 29.1 Å². The molecule has 0 unspecified atom stereocenters. The van der Waals surface area contributed by atoms with Crippen LogP contribution in [0.25, 0.3) is 22.0 Å². The number of carbonyl (C=O) groups excluding carboxylic acids is 1. The largest absolute Gasteiger partial charge is 0.454 e. The van der Waals surface area contributed by atoms with E-state index < -0.39 is 0 Å². The molecule has 0 radical (unpaired) electrons. The zero-order valence-corrected chi connectivity index (χ0v) is 16.5. The van der Waals surface area contributed by atoms with Crippen molar-refractivity contribution in [2.45, 2.75) is 24.7 Å². The summed E-state index contributed by atoms with van der Waals surface area (Å²) in [5.41, 5.74) is 5.14. The summed E-state index contributed by atoms with van der Waals surface area (Å²) in [6, 6.07) is 22.5. The first kappa shape index (κ1) is 17.3. The number of ketones is 1. The van der Waals surface area contributed by atoms with Crippen molar-refractivity contribution in [3.8, 4) is 22.6 Å². The summed E-state index contributed by atoms with van der Waals surface area (Å²) < 4.78 is 10.9. The van der Waals surface area contributed by atoms with Crippen LogP contribution in [0.1, 0.15) is 24.0 Å². The van der Waals surface area contributed by atoms with Gasteiger partial charge < -0.3 is 14.5 Å². The Kier molecular flexibility index (Phi) is 3.75. The SMILES string of the molecule is O=C(Cc1ccc2[nH]cc(-c3ccccc3)c2c1)C1(c2ccc3c(c2)OCO3)CC1. The first-order chi connectivity index (χ1) is 14.7. The third-order valence-corrected chi connectivity index (χ3v) is 6.40. The van der Waals surface area contributed by atoms with Crippen molar-refractivity contribution in [1.82, 2.24) is 4.98 Å². The fourth-order valence-corrected chi connectivity index (χ4v) is 4.54. The van der Waals surface area contributed by atoms with Gasteiger partial charge in [-0.3, -0.25) is 4.79 Å². The lowest BCUT2D eigenvalue weighted by Gasteiger charge is -2.15. The van der Waals surface area contributed by atoms with Crippen LogP contribution in [-0.4, -0.2) is 17.6 Å². The molecule has 1 aliphatic heterocycles. The number of ether oxygens (including phenoxy) is 2. The van der Waals surface area contributed by atoms with Crippen LogP contribution >= 0.6 is 0 Å². The molecule has 148 valence electrons. The highest BCUT2D eigenvalue weighted by atomic mass is 16.7. The molecule has 6 rings (SSSR count). The van der Waals surface area contributed by atoms with Crippen LogP contribution in [0.15, 0.2) is 72.9 Å². The number of H-pyrrole nitrogens is 1. The maximum absolute atomic E-state index is 13.3. The molecule has 1 fully saturated rings. The van der Waals surface area contributed by atoms with Crippen LogP contribution in [0.2, 0.25) is 0 Å². The molecule has 0 atom stereocenters. The highest BCUT2D eigenvalue weighted by molar-refractivity contribution is 5.98. The van der Waals surface area contributed by atoms with Crippen LogP contribution in [0.3, 0.4) is 0 Å². The number of benzene rings is 3. The molecule has 4 aromatic rings. The first-order valence-corrected chi connectivity index (χ1v) is 10.3. The predicted molar refractivity (Wildman–Crippen MR) is 116 cm³/mol. The minimum Gasteiger partial charge on any atom is -0.454 e. The molecular formula is C26H21NO3. The number of rotatable bonds is 5. The third kappa shape index (κ3) is 2.71. The Morgan fingerprint density at radius 1 is 0.933 bits per heavy atom. The molecule has 0 bridgehead atoms. The third-order valence-electron chi connectivity index (χ3n) is 6.40. The summed E-state index contributed by atoms with van der Waals surface area (Å²) in [5.74, 6) is 1.78. The maximum atomic E-state index is 13.3. The maximum Gasteiger partial charge on any atom is 0.231 e. The molecule has 1 aromatic heterocycles. The summed E-state index contributed by atoms with van der Waals surface area (Å²) in [6.45, 7) is 0.250. The number of hydrogen-bond acceptors (Lipinski definition) is 3. The second-order valence-electron chi connectivity index (χ2n) is 8.20. The Balaban J connectivity index is 1.31. The lowest BCUT2D eigenvalue weighted by atomic mass is 9.87. The van der Waals surface area contributed by atoms with E-state index in [1.165, 1.54) is 5.56 Å². The van der Waals surface area contributed by atoms with Crippen LogP contribution in [0.4, 0.5) is 0 Å². The fourth-order valence-electron chi connectivity index (χ4n) is 4.54. The van der Waals surface area contributed by atoms with Crippen LogP contribution < -0.4 is 9.47 Å². The molecule has 1 aliphatic carbocycles. The molecule has 2 heterocycles. The van der Waals surface area contributed by atoms with Crippen molar-refractivity contribution >= 4 is 16.7 Å². The Hall–Kier alpha value is -3.53. The van der Waals surface area contributed by atoms with E-state index in [2.05, 4.69) is 35.3 Å². The van der Waals surface area contributed by atoms with Crippen molar-refractivity contribution in [3.63, 3.8) is 0 Å². The van der Waals surface area contributed by atoms with E-state index in [4.69, 9.17) is 9.47 Å². The van der Waals surface area contributed by atoms with E-state index in [1.54, 1.807) is 0 Å². The van der Waals surface area contributed by atoms with Gasteiger partial charge in [0.2, 0.25) is 6.79 Å². The number of aromatic nitrogens is 1. The summed E-state index contributed by atoms with van der Waals surface area (Å²) >= 11 is 0. The second-order valence-corrected chi connectivity index (χ2v) is 8.20. The number of aromatic amines is 1. The van der Waals surface area contributed by atoms with Gasteiger partial charge in [0.15, 0.2) is 11.5 Å². The van der Waals surface area contributed by atoms with E-state index in [1.807, 2.05) is 42.6 Å². The first-order valence-electron chi connectivity index (χ1n) is 10.3. The lowest BCUT2D eigenvalue weighted by Crippen LogP contribution is -2.22. The van der Waals surface area contributed by atoms with Gasteiger partial charge >= 0.3 is 0 Å². The summed E-state index contributed by atoms with van der Waals surface area (Å²) in [5, 5.41) is 1.15. The van der Waals surface area contributed by atoms with Crippen molar-refractivity contribution in [2.24, 2.45) is 0 Å². The lowest BCUT2D eigenvalue weighted by molar-refractivity contribution is -0.120. The Labute approximate surface area is 174 Å². The Morgan fingerprint density at radius 3 is 2.60 bits per heavy atom. The minimum atomic E-state index is -0.379. The molecule has 1 saturated carbocycles. The van der Waals surface area contributed by atoms with Crippen LogP contribution in [-0.2, 0) is 16.6 Å². The Bertz CT molecular complexity index is 1270. The van der Waals surface area contributed by atoms with Gasteiger partial charge in [-0.2, -0.15) is 0 Å². The van der Waals surface area contributed by atoms with Crippen molar-refractivity contribution < 1.29 is 14.3 Å². The molecule has 3 aromatic carbocycles. The molecule has 4 heteroatoms. The van der Waals surface area contributed by atoms with Gasteiger partial charge in [-0.05, 0) is 53.8 Å². The van der Waals surface area contributed by atoms with Crippen molar-refractivity contribution in [2.75, 3.05) is 6.79 Å². The average molecular weight is 395 g/mol. The number of hydrogen-bond donors (Lipinski definition) is 1. The average Bonchev–Trinajstić information content (AvgIpc) is 3.28. The smallest absolute Gasteiger partial charge is 0.231 e.